The van der Waals surface area contributed by atoms with E-state index in [1.165, 1.54) is 28.2 Å². The maximum Gasteiger partial charge on any atom is 0.564 e. The first-order chi connectivity index (χ1) is 9.98. The van der Waals surface area contributed by atoms with Crippen molar-refractivity contribution in [2.75, 3.05) is 28.2 Å². The Balaban J connectivity index is 3.33. The van der Waals surface area contributed by atoms with Crippen LogP contribution in [0.2, 0.25) is 25.1 Å². The van der Waals surface area contributed by atoms with Crippen LogP contribution in [-0.4, -0.2) is 38.3 Å². The van der Waals surface area contributed by atoms with Crippen molar-refractivity contribution in [1.82, 2.24) is 10.1 Å². The first-order valence-electron chi connectivity index (χ1n) is 5.53. The summed E-state index contributed by atoms with van der Waals surface area (Å²) >= 11 is 29.7. The minimum absolute atomic E-state index is 0.0532. The Morgan fingerprint density at radius 2 is 1.05 bits per heavy atom. The normalized spacial score (nSPS) is 12.3. The van der Waals surface area contributed by atoms with Crippen LogP contribution in [0.5, 0.6) is 5.75 Å². The average molecular weight is 432 g/mol. The molecule has 126 valence electrons. The molecule has 0 N–H and O–H groups in total. The van der Waals surface area contributed by atoms with E-state index in [0.717, 1.165) is 10.1 Å². The van der Waals surface area contributed by atoms with Crippen LogP contribution in [-0.2, 0) is 13.8 Å². The molecular weight excluding hydrogens is 420 g/mol. The molecule has 0 heterocycles. The first kappa shape index (κ1) is 20.6. The van der Waals surface area contributed by atoms with Crippen LogP contribution >= 0.6 is 65.8 Å². The molecule has 0 saturated heterocycles. The largest absolute Gasteiger partial charge is 0.564 e. The quantitative estimate of drug-likeness (QED) is 0.259. The highest BCUT2D eigenvalue weighted by Gasteiger charge is 2.35. The molecule has 0 aliphatic carbocycles. The number of nitrogens with zero attached hydrogens (tertiary/aromatic N) is 2. The number of hydrogen-bond acceptors (Lipinski definition) is 6. The van der Waals surface area contributed by atoms with Gasteiger partial charge < -0.3 is 4.52 Å². The predicted octanol–water partition coefficient (Wildman–Crippen LogP) is 5.43. The molecule has 0 aliphatic rings. The molecule has 22 heavy (non-hydrogen) atoms. The van der Waals surface area contributed by atoms with Gasteiger partial charge >= 0.3 is 7.82 Å². The van der Waals surface area contributed by atoms with Crippen molar-refractivity contribution < 1.29 is 18.3 Å². The van der Waals surface area contributed by atoms with Crippen LogP contribution in [0.3, 0.4) is 0 Å². The van der Waals surface area contributed by atoms with Crippen molar-refractivity contribution in [2.45, 2.75) is 0 Å². The van der Waals surface area contributed by atoms with Gasteiger partial charge in [0.1, 0.15) is 10.0 Å². The van der Waals surface area contributed by atoms with E-state index in [-0.39, 0.29) is 30.9 Å². The van der Waals surface area contributed by atoms with E-state index in [0.29, 0.717) is 0 Å². The average Bonchev–Trinajstić information content (AvgIpc) is 2.37. The summed E-state index contributed by atoms with van der Waals surface area (Å²) in [5.41, 5.74) is 0. The highest BCUT2D eigenvalue weighted by atomic mass is 35.5. The van der Waals surface area contributed by atoms with E-state index >= 15 is 0 Å². The van der Waals surface area contributed by atoms with E-state index in [2.05, 4.69) is 0 Å². The maximum absolute atomic E-state index is 12.6. The van der Waals surface area contributed by atoms with Gasteiger partial charge in [-0.3, -0.25) is 0 Å². The monoisotopic (exact) mass is 430 g/mol. The van der Waals surface area contributed by atoms with Gasteiger partial charge in [-0.15, -0.1) is 0 Å². The lowest BCUT2D eigenvalue weighted by molar-refractivity contribution is -0.0956. The number of hydroxylamine groups is 4. The van der Waals surface area contributed by atoms with E-state index in [1.807, 2.05) is 0 Å². The van der Waals surface area contributed by atoms with E-state index in [1.54, 1.807) is 0 Å². The summed E-state index contributed by atoms with van der Waals surface area (Å²) in [4.78, 5) is 0. The zero-order valence-corrected chi connectivity index (χ0v) is 16.5. The highest BCUT2D eigenvalue weighted by Crippen LogP contribution is 2.56. The molecule has 0 bridgehead atoms. The number of halogens is 5. The van der Waals surface area contributed by atoms with Crippen LogP contribution in [0.25, 0.3) is 0 Å². The fourth-order valence-electron chi connectivity index (χ4n) is 1.22. The summed E-state index contributed by atoms with van der Waals surface area (Å²) in [7, 11) is 1.81. The molecular formula is C10H12Cl5N2O4P. The van der Waals surface area contributed by atoms with Crippen molar-refractivity contribution in [3.8, 4) is 5.75 Å². The number of phosphoric acid groups is 1. The molecule has 1 aromatic rings. The van der Waals surface area contributed by atoms with Crippen LogP contribution in [0, 0.1) is 0 Å². The fourth-order valence-corrected chi connectivity index (χ4v) is 3.83. The third kappa shape index (κ3) is 5.02. The van der Waals surface area contributed by atoms with Gasteiger partial charge in [-0.2, -0.15) is 19.4 Å². The van der Waals surface area contributed by atoms with Crippen LogP contribution < -0.4 is 4.52 Å². The van der Waals surface area contributed by atoms with E-state index in [4.69, 9.17) is 71.8 Å². The molecule has 0 aliphatic heterocycles. The summed E-state index contributed by atoms with van der Waals surface area (Å²) in [5, 5.41) is 1.65. The standard InChI is InChI=1S/C10H12Cl5N2O4P/c1-16(2)20-22(18,21-17(3)4)19-10-8(14)6(12)5(11)7(13)9(10)15/h1-4H3. The zero-order chi connectivity index (χ0) is 17.2. The summed E-state index contributed by atoms with van der Waals surface area (Å²) in [6, 6.07) is 0. The van der Waals surface area contributed by atoms with Crippen molar-refractivity contribution in [3.05, 3.63) is 25.1 Å². The fraction of sp³-hybridized carbons (Fsp3) is 0.400. The molecule has 1 rings (SSSR count). The highest BCUT2D eigenvalue weighted by molar-refractivity contribution is 7.48. The number of hydrogen-bond donors (Lipinski definition) is 0. The predicted molar refractivity (Wildman–Crippen MR) is 89.3 cm³/mol. The lowest BCUT2D eigenvalue weighted by Crippen LogP contribution is -2.20. The van der Waals surface area contributed by atoms with Gasteiger partial charge in [0.2, 0.25) is 0 Å². The second kappa shape index (κ2) is 8.08. The van der Waals surface area contributed by atoms with Gasteiger partial charge in [0, 0.05) is 28.2 Å². The van der Waals surface area contributed by atoms with Crippen molar-refractivity contribution in [2.24, 2.45) is 0 Å². The summed E-state index contributed by atoms with van der Waals surface area (Å²) < 4.78 is 27.9. The van der Waals surface area contributed by atoms with Crippen LogP contribution in [0.1, 0.15) is 0 Å². The Hall–Kier alpha value is 0.540. The molecule has 0 atom stereocenters. The van der Waals surface area contributed by atoms with Gasteiger partial charge in [0.05, 0.1) is 15.1 Å². The lowest BCUT2D eigenvalue weighted by Gasteiger charge is -2.24. The summed E-state index contributed by atoms with van der Waals surface area (Å²) in [6.07, 6.45) is 0. The Labute approximate surface area is 153 Å². The van der Waals surface area contributed by atoms with Crippen molar-refractivity contribution >= 4 is 65.8 Å². The van der Waals surface area contributed by atoms with E-state index in [9.17, 15) is 4.57 Å². The second-order valence-corrected chi connectivity index (χ2v) is 7.52. The smallest absolute Gasteiger partial charge is 0.399 e. The third-order valence-electron chi connectivity index (χ3n) is 1.90. The minimum Gasteiger partial charge on any atom is -0.399 e. The van der Waals surface area contributed by atoms with Gasteiger partial charge in [0.25, 0.3) is 0 Å². The van der Waals surface area contributed by atoms with Gasteiger partial charge in [-0.1, -0.05) is 58.0 Å². The molecule has 6 nitrogen and oxygen atoms in total. The summed E-state index contributed by atoms with van der Waals surface area (Å²) in [5.74, 6) is -0.269. The Morgan fingerprint density at radius 1 is 0.727 bits per heavy atom. The molecule has 0 saturated carbocycles. The molecule has 12 heteroatoms. The molecule has 0 fully saturated rings. The van der Waals surface area contributed by atoms with Gasteiger partial charge in [0.15, 0.2) is 5.75 Å². The third-order valence-corrected chi connectivity index (χ3v) is 5.60. The number of rotatable bonds is 6. The van der Waals surface area contributed by atoms with Gasteiger partial charge in [-0.05, 0) is 0 Å². The Bertz CT molecular complexity index is 570. The molecule has 0 radical (unpaired) electrons. The Kier molecular flexibility index (Phi) is 7.56. The molecule has 0 unspecified atom stereocenters. The van der Waals surface area contributed by atoms with Crippen LogP contribution in [0.4, 0.5) is 0 Å². The minimum atomic E-state index is -4.14. The first-order valence-corrected chi connectivity index (χ1v) is 8.88. The van der Waals surface area contributed by atoms with Crippen molar-refractivity contribution in [3.63, 3.8) is 0 Å². The molecule has 1 aromatic carbocycles. The summed E-state index contributed by atoms with van der Waals surface area (Å²) in [6.45, 7) is 0. The van der Waals surface area contributed by atoms with E-state index < -0.39 is 7.82 Å². The zero-order valence-electron chi connectivity index (χ0n) is 11.9. The number of benzene rings is 1. The molecule has 0 aromatic heterocycles. The van der Waals surface area contributed by atoms with Crippen molar-refractivity contribution in [1.29, 1.82) is 0 Å². The lowest BCUT2D eigenvalue weighted by atomic mass is 10.3. The maximum atomic E-state index is 12.6. The molecule has 0 spiro atoms. The Morgan fingerprint density at radius 3 is 1.36 bits per heavy atom. The van der Waals surface area contributed by atoms with Gasteiger partial charge in [-0.25, -0.2) is 4.57 Å². The topological polar surface area (TPSA) is 51.2 Å². The second-order valence-electron chi connectivity index (χ2n) is 4.23. The SMILES string of the molecule is CN(C)OP(=O)(Oc1c(Cl)c(Cl)c(Cl)c(Cl)c1Cl)ON(C)C. The molecule has 0 amide bonds. The van der Waals surface area contributed by atoms with Crippen LogP contribution in [0.15, 0.2) is 0 Å².